The predicted octanol–water partition coefficient (Wildman–Crippen LogP) is 4.64. The molecule has 0 nitrogen and oxygen atoms in total. The van der Waals surface area contributed by atoms with Crippen LogP contribution in [0.5, 0.6) is 0 Å². The summed E-state index contributed by atoms with van der Waals surface area (Å²) in [7, 11) is 0. The highest BCUT2D eigenvalue weighted by molar-refractivity contribution is 5.07. The van der Waals surface area contributed by atoms with Gasteiger partial charge in [0.05, 0.1) is 0 Å². The van der Waals surface area contributed by atoms with E-state index in [0.717, 1.165) is 0 Å². The van der Waals surface area contributed by atoms with Gasteiger partial charge in [-0.2, -0.15) is 26.3 Å². The third-order valence-electron chi connectivity index (χ3n) is 2.55. The Bertz CT molecular complexity index is 314. The van der Waals surface area contributed by atoms with E-state index < -0.39 is 49.1 Å². The zero-order chi connectivity index (χ0) is 17.4. The molecule has 0 amide bonds. The van der Waals surface area contributed by atoms with Crippen LogP contribution in [0.25, 0.3) is 0 Å². The van der Waals surface area contributed by atoms with Crippen LogP contribution in [0.2, 0.25) is 0 Å². The van der Waals surface area contributed by atoms with Gasteiger partial charge in [0, 0.05) is 0 Å². The number of halogens is 13. The van der Waals surface area contributed by atoms with E-state index in [1.165, 1.54) is 0 Å². The Balaban J connectivity index is 6.32. The van der Waals surface area contributed by atoms with Gasteiger partial charge in [-0.1, -0.05) is 0 Å². The van der Waals surface area contributed by atoms with Crippen LogP contribution in [0.4, 0.5) is 57.1 Å². The number of rotatable bonds is 5. The second kappa shape index (κ2) is 6.07. The minimum Gasteiger partial charge on any atom is -0.243 e. The molecule has 0 heterocycles. The Kier molecular flexibility index (Phi) is 5.80. The van der Waals surface area contributed by atoms with Crippen molar-refractivity contribution in [3.63, 3.8) is 0 Å². The third-order valence-corrected chi connectivity index (χ3v) is 2.55. The first-order valence-electron chi connectivity index (χ1n) is 4.74. The topological polar surface area (TPSA) is 0 Å². The average molecular weight is 348 g/mol. The molecule has 13 heteroatoms. The molecule has 21 heavy (non-hydrogen) atoms. The van der Waals surface area contributed by atoms with Gasteiger partial charge in [0.1, 0.15) is 0 Å². The van der Waals surface area contributed by atoms with Gasteiger partial charge < -0.3 is 0 Å². The molecular formula is C8H5F13. The Morgan fingerprint density at radius 2 is 0.810 bits per heavy atom. The summed E-state index contributed by atoms with van der Waals surface area (Å²) in [4.78, 5) is 0. The first-order chi connectivity index (χ1) is 9.12. The quantitative estimate of drug-likeness (QED) is 0.635. The average Bonchev–Trinajstić information content (AvgIpc) is 2.23. The molecule has 0 aromatic heterocycles. The van der Waals surface area contributed by atoms with Gasteiger partial charge in [-0.15, -0.1) is 0 Å². The molecule has 0 spiro atoms. The van der Waals surface area contributed by atoms with Crippen LogP contribution >= 0.6 is 0 Å². The molecule has 0 rings (SSSR count). The molecule has 0 saturated heterocycles. The summed E-state index contributed by atoms with van der Waals surface area (Å²) in [5.41, 5.74) is -6.62. The van der Waals surface area contributed by atoms with Crippen LogP contribution in [0, 0.1) is 5.41 Å². The highest BCUT2D eigenvalue weighted by atomic mass is 19.4. The fraction of sp³-hybridized carbons (Fsp3) is 1.00. The van der Waals surface area contributed by atoms with E-state index >= 15 is 0 Å². The van der Waals surface area contributed by atoms with E-state index in [4.69, 9.17) is 0 Å². The maximum Gasteiger partial charge on any atom is 0.409 e. The molecule has 3 unspecified atom stereocenters. The van der Waals surface area contributed by atoms with E-state index in [2.05, 4.69) is 0 Å². The lowest BCUT2D eigenvalue weighted by molar-refractivity contribution is -0.390. The Morgan fingerprint density at radius 1 is 0.476 bits per heavy atom. The molecule has 0 bridgehead atoms. The van der Waals surface area contributed by atoms with Crippen molar-refractivity contribution in [3.05, 3.63) is 0 Å². The van der Waals surface area contributed by atoms with Crippen molar-refractivity contribution in [2.45, 2.75) is 43.7 Å². The van der Waals surface area contributed by atoms with Crippen LogP contribution < -0.4 is 0 Å². The Hall–Kier alpha value is -0.910. The Morgan fingerprint density at radius 3 is 1.00 bits per heavy atom. The van der Waals surface area contributed by atoms with Crippen LogP contribution in [-0.2, 0) is 0 Å². The van der Waals surface area contributed by atoms with Gasteiger partial charge in [0.25, 0.3) is 12.9 Å². The number of alkyl halides is 13. The highest BCUT2D eigenvalue weighted by Crippen LogP contribution is 2.59. The molecule has 0 aromatic rings. The summed E-state index contributed by atoms with van der Waals surface area (Å²) in [6.45, 7) is 0. The van der Waals surface area contributed by atoms with Gasteiger partial charge in [-0.3, -0.25) is 0 Å². The molecule has 3 atom stereocenters. The molecule has 0 saturated carbocycles. The second-order valence-electron chi connectivity index (χ2n) is 3.78. The van der Waals surface area contributed by atoms with E-state index in [1.54, 1.807) is 0 Å². The van der Waals surface area contributed by atoms with E-state index in [9.17, 15) is 57.1 Å². The fourth-order valence-electron chi connectivity index (χ4n) is 1.52. The van der Waals surface area contributed by atoms with Crippen LogP contribution in [0.15, 0.2) is 0 Å². The second-order valence-corrected chi connectivity index (χ2v) is 3.78. The largest absolute Gasteiger partial charge is 0.409 e. The molecule has 0 radical (unpaired) electrons. The highest BCUT2D eigenvalue weighted by Gasteiger charge is 2.82. The fourth-order valence-corrected chi connectivity index (χ4v) is 1.52. The molecule has 0 aromatic carbocycles. The Labute approximate surface area is 107 Å². The summed E-state index contributed by atoms with van der Waals surface area (Å²) in [6, 6.07) is 0. The van der Waals surface area contributed by atoms with Crippen molar-refractivity contribution in [1.29, 1.82) is 0 Å². The van der Waals surface area contributed by atoms with E-state index in [1.807, 2.05) is 0 Å². The van der Waals surface area contributed by atoms with E-state index in [-0.39, 0.29) is 0 Å². The van der Waals surface area contributed by atoms with E-state index in [0.29, 0.717) is 0 Å². The van der Waals surface area contributed by atoms with Gasteiger partial charge in [0.15, 0.2) is 18.5 Å². The molecule has 128 valence electrons. The SMILES string of the molecule is FC(F)C(F)C(F)C(C(F)C(F)F)(C(F)(F)F)C(F)(F)F. The monoisotopic (exact) mass is 348 g/mol. The molecule has 0 aliphatic heterocycles. The summed E-state index contributed by atoms with van der Waals surface area (Å²) in [5.74, 6) is 0. The molecule has 0 N–H and O–H groups in total. The van der Waals surface area contributed by atoms with Crippen molar-refractivity contribution in [2.24, 2.45) is 5.41 Å². The normalized spacial score (nSPS) is 19.0. The van der Waals surface area contributed by atoms with Gasteiger partial charge in [-0.05, 0) is 0 Å². The van der Waals surface area contributed by atoms with Crippen molar-refractivity contribution in [2.75, 3.05) is 0 Å². The lowest BCUT2D eigenvalue weighted by atomic mass is 9.74. The number of hydrogen-bond donors (Lipinski definition) is 0. The maximum atomic E-state index is 13.1. The molecule has 0 aliphatic carbocycles. The third kappa shape index (κ3) is 3.30. The number of hydrogen-bond acceptors (Lipinski definition) is 0. The van der Waals surface area contributed by atoms with Gasteiger partial charge >= 0.3 is 12.4 Å². The van der Waals surface area contributed by atoms with Crippen LogP contribution in [0.3, 0.4) is 0 Å². The zero-order valence-electron chi connectivity index (χ0n) is 9.30. The standard InChI is InChI=1S/C8H5F13/c9-1(4(12)13)2(10)6(7(16,17)18,8(19,20)21)3(11)5(14)15/h1-5H. The summed E-state index contributed by atoms with van der Waals surface area (Å²) in [6.07, 6.45) is -39.5. The van der Waals surface area contributed by atoms with Gasteiger partial charge in [-0.25, -0.2) is 30.7 Å². The molecule has 0 fully saturated rings. The first kappa shape index (κ1) is 20.1. The van der Waals surface area contributed by atoms with Crippen molar-refractivity contribution in [3.8, 4) is 0 Å². The lowest BCUT2D eigenvalue weighted by Gasteiger charge is -2.41. The molecule has 0 aliphatic rings. The summed E-state index contributed by atoms with van der Waals surface area (Å²) >= 11 is 0. The lowest BCUT2D eigenvalue weighted by Crippen LogP contribution is -2.66. The summed E-state index contributed by atoms with van der Waals surface area (Å²) in [5, 5.41) is 0. The van der Waals surface area contributed by atoms with Crippen LogP contribution in [0.1, 0.15) is 0 Å². The van der Waals surface area contributed by atoms with Crippen LogP contribution in [-0.4, -0.2) is 43.7 Å². The molecular weight excluding hydrogens is 343 g/mol. The van der Waals surface area contributed by atoms with Crippen molar-refractivity contribution in [1.82, 2.24) is 0 Å². The summed E-state index contributed by atoms with van der Waals surface area (Å²) < 4.78 is 160. The van der Waals surface area contributed by atoms with Gasteiger partial charge in [0.2, 0.25) is 5.41 Å². The van der Waals surface area contributed by atoms with Crippen molar-refractivity contribution < 1.29 is 57.1 Å². The first-order valence-corrected chi connectivity index (χ1v) is 4.74. The minimum atomic E-state index is -7.14. The zero-order valence-corrected chi connectivity index (χ0v) is 9.30. The van der Waals surface area contributed by atoms with Crippen molar-refractivity contribution >= 4 is 0 Å². The predicted molar refractivity (Wildman–Crippen MR) is 41.2 cm³/mol. The minimum absolute atomic E-state index is 4.71. The maximum absolute atomic E-state index is 13.1. The smallest absolute Gasteiger partial charge is 0.243 e.